The van der Waals surface area contributed by atoms with Gasteiger partial charge in [-0.2, -0.15) is 0 Å². The summed E-state index contributed by atoms with van der Waals surface area (Å²) in [7, 11) is 5.21. The maximum Gasteiger partial charge on any atom is 0.127 e. The monoisotopic (exact) mass is 253 g/mol. The fourth-order valence-electron chi connectivity index (χ4n) is 2.21. The summed E-state index contributed by atoms with van der Waals surface area (Å²) in [6.45, 7) is 4.16. The van der Waals surface area contributed by atoms with Gasteiger partial charge in [-0.3, -0.25) is 0 Å². The smallest absolute Gasteiger partial charge is 0.127 e. The van der Waals surface area contributed by atoms with Gasteiger partial charge >= 0.3 is 0 Å². The van der Waals surface area contributed by atoms with Crippen molar-refractivity contribution in [2.24, 2.45) is 0 Å². The average Bonchev–Trinajstić information content (AvgIpc) is 2.39. The van der Waals surface area contributed by atoms with Gasteiger partial charge in [0.05, 0.1) is 14.2 Å². The lowest BCUT2D eigenvalue weighted by Crippen LogP contribution is -2.19. The first-order valence-electron chi connectivity index (χ1n) is 6.10. The van der Waals surface area contributed by atoms with Gasteiger partial charge in [0, 0.05) is 18.2 Å². The number of ether oxygens (including phenoxy) is 2. The number of methoxy groups -OCH3 is 2. The Morgan fingerprint density at radius 3 is 2.33 bits per heavy atom. The minimum Gasteiger partial charge on any atom is -0.496 e. The van der Waals surface area contributed by atoms with Gasteiger partial charge in [0.25, 0.3) is 0 Å². The minimum absolute atomic E-state index is 0.0538. The maximum atomic E-state index is 9.13. The van der Waals surface area contributed by atoms with E-state index in [1.165, 1.54) is 0 Å². The van der Waals surface area contributed by atoms with E-state index >= 15 is 0 Å². The van der Waals surface area contributed by atoms with Crippen molar-refractivity contribution < 1.29 is 14.6 Å². The number of hydrogen-bond donors (Lipinski definition) is 2. The van der Waals surface area contributed by atoms with Crippen LogP contribution in [0.5, 0.6) is 11.5 Å². The summed E-state index contributed by atoms with van der Waals surface area (Å²) >= 11 is 0. The van der Waals surface area contributed by atoms with Crippen LogP contribution in [0, 0.1) is 13.8 Å². The van der Waals surface area contributed by atoms with E-state index in [1.54, 1.807) is 14.2 Å². The van der Waals surface area contributed by atoms with Crippen LogP contribution in [0.2, 0.25) is 0 Å². The van der Waals surface area contributed by atoms with Crippen molar-refractivity contribution in [2.75, 3.05) is 27.9 Å². The van der Waals surface area contributed by atoms with Crippen molar-refractivity contribution in [2.45, 2.75) is 26.3 Å². The molecule has 0 heterocycles. The van der Waals surface area contributed by atoms with Gasteiger partial charge < -0.3 is 19.9 Å². The average molecular weight is 253 g/mol. The molecule has 0 aliphatic heterocycles. The molecule has 1 rings (SSSR count). The Hall–Kier alpha value is -1.26. The highest BCUT2D eigenvalue weighted by Gasteiger charge is 2.19. The highest BCUT2D eigenvalue weighted by Crippen LogP contribution is 2.37. The normalized spacial score (nSPS) is 12.3. The van der Waals surface area contributed by atoms with Gasteiger partial charge in [0.15, 0.2) is 0 Å². The number of hydrogen-bond acceptors (Lipinski definition) is 4. The second-order valence-electron chi connectivity index (χ2n) is 4.30. The first-order valence-corrected chi connectivity index (χ1v) is 6.10. The Morgan fingerprint density at radius 1 is 1.22 bits per heavy atom. The molecule has 0 radical (unpaired) electrons. The molecular weight excluding hydrogens is 230 g/mol. The second kappa shape index (κ2) is 6.61. The molecule has 0 saturated heterocycles. The van der Waals surface area contributed by atoms with Crippen molar-refractivity contribution in [3.8, 4) is 11.5 Å². The molecule has 1 aromatic carbocycles. The summed E-state index contributed by atoms with van der Waals surface area (Å²) in [5.41, 5.74) is 3.18. The van der Waals surface area contributed by atoms with Crippen molar-refractivity contribution in [3.63, 3.8) is 0 Å². The number of aliphatic hydroxyl groups excluding tert-OH is 1. The number of aliphatic hydroxyl groups is 1. The molecular formula is C14H23NO3. The molecule has 4 nitrogen and oxygen atoms in total. The van der Waals surface area contributed by atoms with E-state index in [2.05, 4.69) is 5.32 Å². The molecule has 2 N–H and O–H groups in total. The summed E-state index contributed by atoms with van der Waals surface area (Å²) in [5.74, 6) is 1.71. The molecule has 0 bridgehead atoms. The molecule has 102 valence electrons. The highest BCUT2D eigenvalue weighted by atomic mass is 16.5. The minimum atomic E-state index is 0.0538. The maximum absolute atomic E-state index is 9.13. The lowest BCUT2D eigenvalue weighted by molar-refractivity contribution is 0.266. The first-order chi connectivity index (χ1) is 8.60. The first kappa shape index (κ1) is 14.8. The van der Waals surface area contributed by atoms with Gasteiger partial charge in [-0.1, -0.05) is 0 Å². The standard InChI is InChI=1S/C14H23NO3/c1-9-10(2)14(18-5)11(8-13(9)17-4)12(15-3)6-7-16/h8,12,15-16H,6-7H2,1-5H3. The van der Waals surface area contributed by atoms with Gasteiger partial charge in [0.2, 0.25) is 0 Å². The molecule has 0 saturated carbocycles. The van der Waals surface area contributed by atoms with Crippen LogP contribution in [-0.2, 0) is 0 Å². The lowest BCUT2D eigenvalue weighted by atomic mass is 9.96. The number of benzene rings is 1. The largest absolute Gasteiger partial charge is 0.496 e. The van der Waals surface area contributed by atoms with E-state index in [-0.39, 0.29) is 12.6 Å². The summed E-state index contributed by atoms with van der Waals surface area (Å²) in [6.07, 6.45) is 0.637. The van der Waals surface area contributed by atoms with E-state index in [9.17, 15) is 0 Å². The Balaban J connectivity index is 3.35. The van der Waals surface area contributed by atoms with E-state index in [4.69, 9.17) is 14.6 Å². The van der Waals surface area contributed by atoms with Crippen LogP contribution in [0.15, 0.2) is 6.07 Å². The van der Waals surface area contributed by atoms with Crippen molar-refractivity contribution >= 4 is 0 Å². The van der Waals surface area contributed by atoms with E-state index < -0.39 is 0 Å². The summed E-state index contributed by atoms with van der Waals surface area (Å²) < 4.78 is 10.9. The Labute approximate surface area is 109 Å². The molecule has 0 aliphatic carbocycles. The van der Waals surface area contributed by atoms with E-state index in [0.29, 0.717) is 6.42 Å². The van der Waals surface area contributed by atoms with Gasteiger partial charge in [-0.25, -0.2) is 0 Å². The molecule has 0 amide bonds. The Kier molecular flexibility index (Phi) is 5.44. The van der Waals surface area contributed by atoms with Crippen LogP contribution in [0.1, 0.15) is 29.2 Å². The third-order valence-corrected chi connectivity index (χ3v) is 3.39. The van der Waals surface area contributed by atoms with Crippen molar-refractivity contribution in [3.05, 3.63) is 22.8 Å². The van der Waals surface area contributed by atoms with Crippen LogP contribution in [0.4, 0.5) is 0 Å². The molecule has 0 aromatic heterocycles. The molecule has 1 unspecified atom stereocenters. The Bertz CT molecular complexity index is 405. The van der Waals surface area contributed by atoms with Gasteiger partial charge in [-0.15, -0.1) is 0 Å². The van der Waals surface area contributed by atoms with Crippen LogP contribution in [-0.4, -0.2) is 33.0 Å². The van der Waals surface area contributed by atoms with Gasteiger partial charge in [0.1, 0.15) is 11.5 Å². The molecule has 1 atom stereocenters. The quantitative estimate of drug-likeness (QED) is 0.813. The van der Waals surface area contributed by atoms with Crippen LogP contribution >= 0.6 is 0 Å². The van der Waals surface area contributed by atoms with E-state index in [0.717, 1.165) is 28.2 Å². The third-order valence-electron chi connectivity index (χ3n) is 3.39. The molecule has 1 aromatic rings. The summed E-state index contributed by atoms with van der Waals surface area (Å²) in [4.78, 5) is 0. The zero-order valence-electron chi connectivity index (χ0n) is 11.8. The number of rotatable bonds is 6. The summed E-state index contributed by atoms with van der Waals surface area (Å²) in [6, 6.07) is 2.04. The Morgan fingerprint density at radius 2 is 1.89 bits per heavy atom. The highest BCUT2D eigenvalue weighted by molar-refractivity contribution is 5.53. The molecule has 0 spiro atoms. The molecule has 4 heteroatoms. The molecule has 0 aliphatic rings. The van der Waals surface area contributed by atoms with Crippen LogP contribution in [0.3, 0.4) is 0 Å². The van der Waals surface area contributed by atoms with Crippen molar-refractivity contribution in [1.29, 1.82) is 0 Å². The van der Waals surface area contributed by atoms with Crippen molar-refractivity contribution in [1.82, 2.24) is 5.32 Å². The predicted molar refractivity (Wildman–Crippen MR) is 72.5 cm³/mol. The third kappa shape index (κ3) is 2.76. The SMILES string of the molecule is CNC(CCO)c1cc(OC)c(C)c(C)c1OC. The van der Waals surface area contributed by atoms with Crippen LogP contribution < -0.4 is 14.8 Å². The molecule has 0 fully saturated rings. The zero-order valence-corrected chi connectivity index (χ0v) is 11.8. The van der Waals surface area contributed by atoms with Crippen LogP contribution in [0.25, 0.3) is 0 Å². The van der Waals surface area contributed by atoms with Gasteiger partial charge in [-0.05, 0) is 44.5 Å². The fraction of sp³-hybridized carbons (Fsp3) is 0.571. The van der Waals surface area contributed by atoms with E-state index in [1.807, 2.05) is 27.0 Å². The predicted octanol–water partition coefficient (Wildman–Crippen LogP) is 1.96. The zero-order chi connectivity index (χ0) is 13.7. The summed E-state index contributed by atoms with van der Waals surface area (Å²) in [5, 5.41) is 12.3. The molecule has 18 heavy (non-hydrogen) atoms. The second-order valence-corrected chi connectivity index (χ2v) is 4.30. The number of nitrogens with one attached hydrogen (secondary N) is 1. The fourth-order valence-corrected chi connectivity index (χ4v) is 2.21. The lowest BCUT2D eigenvalue weighted by Gasteiger charge is -2.22. The topological polar surface area (TPSA) is 50.7 Å².